The molecular weight excluding hydrogens is 460 g/mol. The quantitative estimate of drug-likeness (QED) is 0.302. The van der Waals surface area contributed by atoms with Crippen LogP contribution in [-0.2, 0) is 28.8 Å². The lowest BCUT2D eigenvalue weighted by Gasteiger charge is -2.27. The second-order valence-corrected chi connectivity index (χ2v) is 9.64. The molecule has 7 nitrogen and oxygen atoms in total. The van der Waals surface area contributed by atoms with E-state index < -0.39 is 39.2 Å². The number of amides is 1. The molecule has 0 saturated heterocycles. The highest BCUT2D eigenvalue weighted by atomic mass is 35.5. The number of ether oxygens (including phenoxy) is 3. The molecule has 1 aromatic carbocycles. The van der Waals surface area contributed by atoms with Crippen LogP contribution >= 0.6 is 23.2 Å². The zero-order valence-corrected chi connectivity index (χ0v) is 19.3. The van der Waals surface area contributed by atoms with Crippen LogP contribution < -0.4 is 5.32 Å². The third-order valence-corrected chi connectivity index (χ3v) is 5.82. The van der Waals surface area contributed by atoms with Crippen molar-refractivity contribution in [3.63, 3.8) is 0 Å². The van der Waals surface area contributed by atoms with Crippen LogP contribution in [0.15, 0.2) is 29.2 Å². The molecule has 0 fully saturated rings. The van der Waals surface area contributed by atoms with Crippen molar-refractivity contribution in [2.45, 2.75) is 28.1 Å². The Morgan fingerprint density at radius 3 is 2.13 bits per heavy atom. The number of methoxy groups -OCH3 is 1. The summed E-state index contributed by atoms with van der Waals surface area (Å²) >= 11 is 11.1. The fourth-order valence-corrected chi connectivity index (χ4v) is 3.49. The summed E-state index contributed by atoms with van der Waals surface area (Å²) in [6.07, 6.45) is 1.48. The van der Waals surface area contributed by atoms with E-state index in [0.29, 0.717) is 38.4 Å². The number of carbonyl (C=O) groups is 1. The van der Waals surface area contributed by atoms with Crippen LogP contribution in [0.1, 0.15) is 17.9 Å². The number of alkyl halides is 3. The molecule has 1 aromatic rings. The molecule has 172 valence electrons. The Morgan fingerprint density at radius 2 is 1.63 bits per heavy atom. The van der Waals surface area contributed by atoms with Gasteiger partial charge in [0.1, 0.15) is 6.67 Å². The third kappa shape index (κ3) is 9.89. The number of benzene rings is 1. The average Bonchev–Trinajstić information content (AvgIpc) is 2.70. The Hall–Kier alpha value is -0.970. The van der Waals surface area contributed by atoms with E-state index >= 15 is 0 Å². The lowest BCUT2D eigenvalue weighted by molar-refractivity contribution is -0.120. The van der Waals surface area contributed by atoms with E-state index in [0.717, 1.165) is 6.26 Å². The van der Waals surface area contributed by atoms with Crippen molar-refractivity contribution in [1.29, 1.82) is 0 Å². The summed E-state index contributed by atoms with van der Waals surface area (Å²) in [4.78, 5) is 10.7. The molecule has 0 heterocycles. The van der Waals surface area contributed by atoms with Gasteiger partial charge in [0.25, 0.3) is 5.91 Å². The number of carbonyl (C=O) groups excluding carboxylic acids is 1. The van der Waals surface area contributed by atoms with Crippen molar-refractivity contribution in [3.05, 3.63) is 29.8 Å². The summed E-state index contributed by atoms with van der Waals surface area (Å²) in [5, 5.41) is 2.49. The average molecular weight is 488 g/mol. The van der Waals surface area contributed by atoms with Crippen molar-refractivity contribution in [2.75, 3.05) is 53.1 Å². The van der Waals surface area contributed by atoms with Gasteiger partial charge in [0.15, 0.2) is 14.7 Å². The van der Waals surface area contributed by atoms with Gasteiger partial charge < -0.3 is 19.5 Å². The van der Waals surface area contributed by atoms with Crippen LogP contribution in [-0.4, -0.2) is 78.3 Å². The van der Waals surface area contributed by atoms with E-state index in [1.165, 1.54) is 12.1 Å². The minimum absolute atomic E-state index is 0.150. The fourth-order valence-electron chi connectivity index (χ4n) is 2.73. The summed E-state index contributed by atoms with van der Waals surface area (Å²) in [6, 6.07) is 5.20. The number of rotatable bonds is 15. The molecule has 0 spiro atoms. The molecule has 0 aliphatic carbocycles. The number of nitrogens with one attached hydrogen (secondary N) is 1. The van der Waals surface area contributed by atoms with Gasteiger partial charge in [-0.3, -0.25) is 4.79 Å². The van der Waals surface area contributed by atoms with Crippen molar-refractivity contribution >= 4 is 38.9 Å². The maximum atomic E-state index is 13.8. The van der Waals surface area contributed by atoms with Gasteiger partial charge in [0, 0.05) is 25.9 Å². The van der Waals surface area contributed by atoms with Crippen LogP contribution in [0, 0.1) is 0 Å². The Labute approximate surface area is 187 Å². The normalized spacial score (nSPS) is 13.9. The monoisotopic (exact) mass is 487 g/mol. The van der Waals surface area contributed by atoms with Gasteiger partial charge in [-0.05, 0) is 24.1 Å². The molecule has 2 atom stereocenters. The van der Waals surface area contributed by atoms with Gasteiger partial charge in [0.2, 0.25) is 0 Å². The summed E-state index contributed by atoms with van der Waals surface area (Å²) in [5.74, 6) is -1.18. The molecule has 0 aliphatic heterocycles. The van der Waals surface area contributed by atoms with E-state index in [1.54, 1.807) is 19.2 Å². The van der Waals surface area contributed by atoms with E-state index in [-0.39, 0.29) is 11.5 Å². The van der Waals surface area contributed by atoms with E-state index in [1.807, 2.05) is 0 Å². The van der Waals surface area contributed by atoms with Crippen LogP contribution in [0.5, 0.6) is 0 Å². The van der Waals surface area contributed by atoms with Crippen LogP contribution in [0.4, 0.5) is 4.39 Å². The molecule has 0 aromatic heterocycles. The second-order valence-electron chi connectivity index (χ2n) is 6.52. The Kier molecular flexibility index (Phi) is 12.8. The maximum Gasteiger partial charge on any atom is 0.253 e. The number of hydrogen-bond donors (Lipinski definition) is 1. The molecule has 1 amide bonds. The Balaban J connectivity index is 2.81. The number of sulfone groups is 1. The van der Waals surface area contributed by atoms with Crippen LogP contribution in [0.25, 0.3) is 0 Å². The molecule has 0 aliphatic rings. The highest BCUT2D eigenvalue weighted by molar-refractivity contribution is 7.90. The molecular formula is C19H28Cl2FNO6S. The molecule has 0 bridgehead atoms. The molecule has 0 saturated carbocycles. The summed E-state index contributed by atoms with van der Waals surface area (Å²) in [7, 11) is -1.78. The first kappa shape index (κ1) is 27.1. The first-order valence-electron chi connectivity index (χ1n) is 9.29. The van der Waals surface area contributed by atoms with Gasteiger partial charge in [0.05, 0.1) is 37.4 Å². The Morgan fingerprint density at radius 1 is 1.07 bits per heavy atom. The second kappa shape index (κ2) is 14.2. The minimum atomic E-state index is -3.36. The van der Waals surface area contributed by atoms with Crippen molar-refractivity contribution < 1.29 is 31.8 Å². The highest BCUT2D eigenvalue weighted by Crippen LogP contribution is 2.26. The molecule has 1 rings (SSSR count). The van der Waals surface area contributed by atoms with Gasteiger partial charge in [-0.25, -0.2) is 12.8 Å². The van der Waals surface area contributed by atoms with E-state index in [9.17, 15) is 17.6 Å². The van der Waals surface area contributed by atoms with Crippen molar-refractivity contribution in [2.24, 2.45) is 0 Å². The molecule has 11 heteroatoms. The van der Waals surface area contributed by atoms with Gasteiger partial charge in [-0.2, -0.15) is 0 Å². The molecule has 1 N–H and O–H groups in total. The smallest absolute Gasteiger partial charge is 0.253 e. The predicted molar refractivity (Wildman–Crippen MR) is 114 cm³/mol. The summed E-state index contributed by atoms with van der Waals surface area (Å²) in [6.45, 7) is 1.12. The lowest BCUT2D eigenvalue weighted by Crippen LogP contribution is -2.43. The van der Waals surface area contributed by atoms with Gasteiger partial charge in [-0.15, -0.1) is 0 Å². The summed E-state index contributed by atoms with van der Waals surface area (Å²) < 4.78 is 52.8. The summed E-state index contributed by atoms with van der Waals surface area (Å²) in [5.41, 5.74) is 0.658. The topological polar surface area (TPSA) is 90.9 Å². The largest absolute Gasteiger partial charge is 0.382 e. The molecule has 0 unspecified atom stereocenters. The van der Waals surface area contributed by atoms with E-state index in [2.05, 4.69) is 5.32 Å². The zero-order valence-electron chi connectivity index (χ0n) is 17.0. The Bertz CT molecular complexity index is 733. The fraction of sp³-hybridized carbons (Fsp3) is 0.632. The molecule has 0 radical (unpaired) electrons. The van der Waals surface area contributed by atoms with Crippen molar-refractivity contribution in [1.82, 2.24) is 5.32 Å². The lowest BCUT2D eigenvalue weighted by atomic mass is 9.89. The minimum Gasteiger partial charge on any atom is -0.382 e. The standard InChI is InChI=1S/C19H28Cl2FNO6S/c1-27-9-10-29-12-11-28-8-7-16(17(13-22)23-19(24)18(20)21)14-3-5-15(6-4-14)30(2,25)26/h3-6,16-18H,7-13H2,1-2H3,(H,23,24)/t16-,17-/m1/s1. The van der Waals surface area contributed by atoms with Crippen molar-refractivity contribution in [3.8, 4) is 0 Å². The number of halogens is 3. The SMILES string of the molecule is COCCOCCOCC[C@H](c1ccc(S(C)(=O)=O)cc1)[C@@H](CF)NC(=O)C(Cl)Cl. The first-order valence-corrected chi connectivity index (χ1v) is 12.1. The zero-order chi connectivity index (χ0) is 22.6. The number of hydrogen-bond acceptors (Lipinski definition) is 6. The highest BCUT2D eigenvalue weighted by Gasteiger charge is 2.27. The predicted octanol–water partition coefficient (Wildman–Crippen LogP) is 2.50. The first-order chi connectivity index (χ1) is 14.2. The van der Waals surface area contributed by atoms with Gasteiger partial charge in [-0.1, -0.05) is 35.3 Å². The maximum absolute atomic E-state index is 13.8. The molecule has 30 heavy (non-hydrogen) atoms. The van der Waals surface area contributed by atoms with Gasteiger partial charge >= 0.3 is 0 Å². The third-order valence-electron chi connectivity index (χ3n) is 4.29. The van der Waals surface area contributed by atoms with Crippen LogP contribution in [0.3, 0.4) is 0 Å². The van der Waals surface area contributed by atoms with E-state index in [4.69, 9.17) is 37.4 Å². The van der Waals surface area contributed by atoms with Crippen LogP contribution in [0.2, 0.25) is 0 Å².